The molecule has 0 radical (unpaired) electrons. The van der Waals surface area contributed by atoms with E-state index in [0.29, 0.717) is 18.7 Å². The second kappa shape index (κ2) is 15.1. The molecule has 3 N–H and O–H groups in total. The molecular weight excluding hydrogens is 528 g/mol. The van der Waals surface area contributed by atoms with Crippen LogP contribution in [0.2, 0.25) is 0 Å². The van der Waals surface area contributed by atoms with Crippen LogP contribution >= 0.6 is 0 Å². The molecule has 3 aromatic carbocycles. The van der Waals surface area contributed by atoms with Gasteiger partial charge in [-0.2, -0.15) is 0 Å². The number of carbonyl (C=O) groups is 2. The summed E-state index contributed by atoms with van der Waals surface area (Å²) in [4.78, 5) is 25.2. The van der Waals surface area contributed by atoms with E-state index in [1.807, 2.05) is 85.8 Å². The maximum Gasteiger partial charge on any atom is 0.326 e. The highest BCUT2D eigenvalue weighted by Crippen LogP contribution is 2.32. The molecule has 0 aliphatic rings. The first kappa shape index (κ1) is 30.8. The van der Waals surface area contributed by atoms with Crippen molar-refractivity contribution in [3.63, 3.8) is 0 Å². The van der Waals surface area contributed by atoms with Gasteiger partial charge in [-0.15, -0.1) is 0 Å². The van der Waals surface area contributed by atoms with Crippen molar-refractivity contribution in [2.75, 3.05) is 13.6 Å². The number of hydrogen-bond acceptors (Lipinski definition) is 5. The number of carboxylic acid groups (broad SMARTS) is 1. The van der Waals surface area contributed by atoms with Crippen molar-refractivity contribution < 1.29 is 23.8 Å². The van der Waals surface area contributed by atoms with Crippen molar-refractivity contribution in [2.24, 2.45) is 0 Å². The fourth-order valence-corrected chi connectivity index (χ4v) is 4.94. The van der Waals surface area contributed by atoms with E-state index in [-0.39, 0.29) is 12.5 Å². The number of carbonyl (C=O) groups excluding carboxylic acids is 1. The Morgan fingerprint density at radius 2 is 1.69 bits per heavy atom. The van der Waals surface area contributed by atoms with Crippen molar-refractivity contribution in [2.45, 2.75) is 58.3 Å². The third-order valence-corrected chi connectivity index (χ3v) is 7.32. The molecule has 0 saturated carbocycles. The molecule has 4 aromatic rings. The Morgan fingerprint density at radius 1 is 0.929 bits per heavy atom. The Labute approximate surface area is 247 Å². The van der Waals surface area contributed by atoms with E-state index in [1.54, 1.807) is 13.1 Å². The van der Waals surface area contributed by atoms with Crippen LogP contribution in [-0.4, -0.2) is 36.6 Å². The van der Waals surface area contributed by atoms with Crippen molar-refractivity contribution in [3.05, 3.63) is 107 Å². The number of hydrogen-bond donors (Lipinski definition) is 3. The third-order valence-electron chi connectivity index (χ3n) is 7.32. The Balaban J connectivity index is 1.59. The zero-order valence-electron chi connectivity index (χ0n) is 24.6. The molecule has 0 aliphatic heterocycles. The topological polar surface area (TPSA) is 101 Å². The first-order chi connectivity index (χ1) is 20.4. The van der Waals surface area contributed by atoms with E-state index in [1.165, 1.54) is 0 Å². The number of benzene rings is 3. The summed E-state index contributed by atoms with van der Waals surface area (Å²) >= 11 is 0. The summed E-state index contributed by atoms with van der Waals surface area (Å²) in [6.07, 6.45) is 2.93. The monoisotopic (exact) mass is 568 g/mol. The predicted molar refractivity (Wildman–Crippen MR) is 165 cm³/mol. The number of amides is 1. The van der Waals surface area contributed by atoms with Gasteiger partial charge in [-0.05, 0) is 79.9 Å². The summed E-state index contributed by atoms with van der Waals surface area (Å²) in [5.74, 6) is 0.114. The lowest BCUT2D eigenvalue weighted by molar-refractivity contribution is -0.139. The molecule has 0 spiro atoms. The normalized spacial score (nSPS) is 12.5. The molecule has 220 valence electrons. The van der Waals surface area contributed by atoms with Gasteiger partial charge in [-0.3, -0.25) is 4.79 Å². The Hall–Kier alpha value is -4.20. The number of aliphatic carboxylic acids is 1. The number of furan rings is 1. The Kier molecular flexibility index (Phi) is 11.1. The molecule has 0 saturated heterocycles. The summed E-state index contributed by atoms with van der Waals surface area (Å²) in [7, 11) is 1.75. The van der Waals surface area contributed by atoms with E-state index in [2.05, 4.69) is 17.6 Å². The lowest BCUT2D eigenvalue weighted by Gasteiger charge is -2.19. The van der Waals surface area contributed by atoms with Crippen LogP contribution in [-0.2, 0) is 16.1 Å². The van der Waals surface area contributed by atoms with Crippen LogP contribution in [0.3, 0.4) is 0 Å². The summed E-state index contributed by atoms with van der Waals surface area (Å²) in [5.41, 5.74) is 5.01. The zero-order chi connectivity index (χ0) is 29.9. The van der Waals surface area contributed by atoms with Gasteiger partial charge < -0.3 is 24.9 Å². The van der Waals surface area contributed by atoms with Gasteiger partial charge in [0, 0.05) is 11.1 Å². The predicted octanol–water partition coefficient (Wildman–Crippen LogP) is 7.16. The lowest BCUT2D eigenvalue weighted by Crippen LogP contribution is -2.42. The lowest BCUT2D eigenvalue weighted by atomic mass is 9.93. The number of unbranched alkanes of at least 4 members (excludes halogenated alkanes) is 1. The largest absolute Gasteiger partial charge is 0.480 e. The standard InChI is InChI=1S/C35H40N2O5/c1-4-5-15-32(33-19-18-31(42-33)26-12-7-6-8-13-26)41-23-25-16-17-28(29(22-25)27-14-10-9-11-24(27)2)34(38)37-30(35(39)40)20-21-36-3/h6-14,16-19,22,30,32,36H,4-5,15,20-21,23H2,1-3H3,(H,37,38)(H,39,40). The van der Waals surface area contributed by atoms with Crippen molar-refractivity contribution >= 4 is 11.9 Å². The smallest absolute Gasteiger partial charge is 0.326 e. The minimum Gasteiger partial charge on any atom is -0.480 e. The van der Waals surface area contributed by atoms with Crippen LogP contribution in [0.1, 0.15) is 66.0 Å². The van der Waals surface area contributed by atoms with E-state index in [0.717, 1.165) is 58.6 Å². The number of carboxylic acids is 1. The van der Waals surface area contributed by atoms with Gasteiger partial charge in [0.15, 0.2) is 0 Å². The number of rotatable bonds is 15. The number of aryl methyl sites for hydroxylation is 1. The van der Waals surface area contributed by atoms with Gasteiger partial charge in [0.25, 0.3) is 5.91 Å². The molecule has 7 heteroatoms. The second-order valence-corrected chi connectivity index (χ2v) is 10.5. The maximum absolute atomic E-state index is 13.4. The molecule has 1 aromatic heterocycles. The summed E-state index contributed by atoms with van der Waals surface area (Å²) < 4.78 is 12.7. The summed E-state index contributed by atoms with van der Waals surface area (Å²) in [6, 6.07) is 26.4. The van der Waals surface area contributed by atoms with Crippen molar-refractivity contribution in [3.8, 4) is 22.5 Å². The maximum atomic E-state index is 13.4. The zero-order valence-corrected chi connectivity index (χ0v) is 24.6. The van der Waals surface area contributed by atoms with E-state index < -0.39 is 17.9 Å². The van der Waals surface area contributed by atoms with Crippen molar-refractivity contribution in [1.82, 2.24) is 10.6 Å². The van der Waals surface area contributed by atoms with Crippen LogP contribution in [0.15, 0.2) is 89.3 Å². The van der Waals surface area contributed by atoms with Crippen LogP contribution in [0.5, 0.6) is 0 Å². The van der Waals surface area contributed by atoms with Crippen LogP contribution < -0.4 is 10.6 Å². The van der Waals surface area contributed by atoms with Crippen LogP contribution in [0.25, 0.3) is 22.5 Å². The highest BCUT2D eigenvalue weighted by Gasteiger charge is 2.23. The molecular formula is C35H40N2O5. The average Bonchev–Trinajstić information content (AvgIpc) is 3.50. The SMILES string of the molecule is CCCCC(OCc1ccc(C(=O)NC(CCNC)C(=O)O)c(-c2ccccc2C)c1)c1ccc(-c2ccccc2)o1. The molecule has 2 unspecified atom stereocenters. The van der Waals surface area contributed by atoms with E-state index >= 15 is 0 Å². The first-order valence-corrected chi connectivity index (χ1v) is 14.5. The quantitative estimate of drug-likeness (QED) is 0.141. The van der Waals surface area contributed by atoms with Crippen molar-refractivity contribution in [1.29, 1.82) is 0 Å². The Morgan fingerprint density at radius 3 is 2.40 bits per heavy atom. The number of ether oxygens (including phenoxy) is 1. The summed E-state index contributed by atoms with van der Waals surface area (Å²) in [5, 5.41) is 15.3. The number of nitrogens with one attached hydrogen (secondary N) is 2. The van der Waals surface area contributed by atoms with Gasteiger partial charge in [-0.1, -0.05) is 80.4 Å². The molecule has 1 heterocycles. The molecule has 0 bridgehead atoms. The van der Waals surface area contributed by atoms with Gasteiger partial charge in [-0.25, -0.2) is 4.79 Å². The molecule has 2 atom stereocenters. The fourth-order valence-electron chi connectivity index (χ4n) is 4.94. The van der Waals surface area contributed by atoms with E-state index in [4.69, 9.17) is 9.15 Å². The highest BCUT2D eigenvalue weighted by atomic mass is 16.5. The molecule has 42 heavy (non-hydrogen) atoms. The summed E-state index contributed by atoms with van der Waals surface area (Å²) in [6.45, 7) is 4.95. The van der Waals surface area contributed by atoms with Gasteiger partial charge in [0.1, 0.15) is 23.7 Å². The minimum atomic E-state index is -1.06. The molecule has 4 rings (SSSR count). The van der Waals surface area contributed by atoms with Gasteiger partial charge in [0.05, 0.1) is 6.61 Å². The molecule has 0 aliphatic carbocycles. The van der Waals surface area contributed by atoms with Gasteiger partial charge in [0.2, 0.25) is 0 Å². The molecule has 7 nitrogen and oxygen atoms in total. The fraction of sp³-hybridized carbons (Fsp3) is 0.314. The van der Waals surface area contributed by atoms with Crippen LogP contribution in [0, 0.1) is 6.92 Å². The van der Waals surface area contributed by atoms with Gasteiger partial charge >= 0.3 is 5.97 Å². The van der Waals surface area contributed by atoms with Crippen LogP contribution in [0.4, 0.5) is 0 Å². The first-order valence-electron chi connectivity index (χ1n) is 14.5. The second-order valence-electron chi connectivity index (χ2n) is 10.5. The highest BCUT2D eigenvalue weighted by molar-refractivity contribution is 6.02. The van der Waals surface area contributed by atoms with E-state index in [9.17, 15) is 14.7 Å². The Bertz CT molecular complexity index is 1460. The average molecular weight is 569 g/mol. The minimum absolute atomic E-state index is 0.212. The molecule has 1 amide bonds. The third kappa shape index (κ3) is 7.96. The molecule has 0 fully saturated rings.